The zero-order chi connectivity index (χ0) is 16.1. The number of aryl methyl sites for hydroxylation is 1. The zero-order valence-corrected chi connectivity index (χ0v) is 12.7. The normalized spacial score (nSPS) is 9.95. The van der Waals surface area contributed by atoms with E-state index < -0.39 is 11.9 Å². The quantitative estimate of drug-likeness (QED) is 0.877. The fraction of sp³-hybridized carbons (Fsp3) is 0.176. The number of nitrogens with one attached hydrogen (secondary N) is 1. The standard InChI is InChI=1S/C17H17NO4/c1-11-6-4-5-7-15(11)18-14-9-12(16(19)21-2)8-13(10-14)17(20)22-3/h4-10,18H,1-3H3. The first-order chi connectivity index (χ1) is 10.5. The van der Waals surface area contributed by atoms with Crippen LogP contribution in [0, 0.1) is 6.92 Å². The van der Waals surface area contributed by atoms with Gasteiger partial charge in [-0.3, -0.25) is 0 Å². The molecule has 0 amide bonds. The van der Waals surface area contributed by atoms with Gasteiger partial charge in [0.1, 0.15) is 0 Å². The second-order valence-electron chi connectivity index (χ2n) is 4.72. The van der Waals surface area contributed by atoms with Crippen LogP contribution >= 0.6 is 0 Å². The van der Waals surface area contributed by atoms with Crippen LogP contribution in [0.5, 0.6) is 0 Å². The molecular weight excluding hydrogens is 282 g/mol. The van der Waals surface area contributed by atoms with Gasteiger partial charge >= 0.3 is 11.9 Å². The lowest BCUT2D eigenvalue weighted by Crippen LogP contribution is -2.08. The topological polar surface area (TPSA) is 64.6 Å². The van der Waals surface area contributed by atoms with E-state index in [9.17, 15) is 9.59 Å². The van der Waals surface area contributed by atoms with E-state index in [1.807, 2.05) is 31.2 Å². The van der Waals surface area contributed by atoms with Crippen LogP contribution in [0.1, 0.15) is 26.3 Å². The average Bonchev–Trinajstić information content (AvgIpc) is 2.55. The summed E-state index contributed by atoms with van der Waals surface area (Å²) in [6.07, 6.45) is 0. The van der Waals surface area contributed by atoms with Crippen molar-refractivity contribution in [1.29, 1.82) is 0 Å². The van der Waals surface area contributed by atoms with Crippen molar-refractivity contribution in [3.05, 3.63) is 59.2 Å². The molecule has 0 unspecified atom stereocenters. The van der Waals surface area contributed by atoms with Gasteiger partial charge in [0, 0.05) is 11.4 Å². The van der Waals surface area contributed by atoms with Crippen LogP contribution < -0.4 is 5.32 Å². The molecule has 2 rings (SSSR count). The molecule has 5 nitrogen and oxygen atoms in total. The molecule has 114 valence electrons. The maximum atomic E-state index is 11.7. The Hall–Kier alpha value is -2.82. The largest absolute Gasteiger partial charge is 0.465 e. The predicted octanol–water partition coefficient (Wildman–Crippen LogP) is 3.31. The molecule has 2 aromatic rings. The number of hydrogen-bond donors (Lipinski definition) is 1. The minimum atomic E-state index is -0.515. The summed E-state index contributed by atoms with van der Waals surface area (Å²) in [5.74, 6) is -1.03. The first kappa shape index (κ1) is 15.6. The van der Waals surface area contributed by atoms with E-state index in [1.165, 1.54) is 20.3 Å². The molecule has 0 spiro atoms. The van der Waals surface area contributed by atoms with Gasteiger partial charge in [-0.25, -0.2) is 9.59 Å². The highest BCUT2D eigenvalue weighted by Crippen LogP contribution is 2.23. The van der Waals surface area contributed by atoms with E-state index >= 15 is 0 Å². The Morgan fingerprint density at radius 3 is 1.95 bits per heavy atom. The van der Waals surface area contributed by atoms with Gasteiger partial charge in [0.05, 0.1) is 25.3 Å². The van der Waals surface area contributed by atoms with Crippen LogP contribution in [-0.4, -0.2) is 26.2 Å². The van der Waals surface area contributed by atoms with Crippen molar-refractivity contribution >= 4 is 23.3 Å². The highest BCUT2D eigenvalue weighted by Gasteiger charge is 2.14. The van der Waals surface area contributed by atoms with Crippen LogP contribution in [0.15, 0.2) is 42.5 Å². The molecule has 0 radical (unpaired) electrons. The Bertz CT molecular complexity index is 675. The Morgan fingerprint density at radius 2 is 1.45 bits per heavy atom. The van der Waals surface area contributed by atoms with Crippen molar-refractivity contribution in [2.24, 2.45) is 0 Å². The Kier molecular flexibility index (Phi) is 4.78. The summed E-state index contributed by atoms with van der Waals surface area (Å²) in [6.45, 7) is 1.97. The molecule has 2 aromatic carbocycles. The molecule has 0 fully saturated rings. The van der Waals surface area contributed by atoms with E-state index in [0.29, 0.717) is 5.69 Å². The first-order valence-electron chi connectivity index (χ1n) is 6.69. The number of carbonyl (C=O) groups excluding carboxylic acids is 2. The number of esters is 2. The third-order valence-corrected chi connectivity index (χ3v) is 3.20. The van der Waals surface area contributed by atoms with Crippen molar-refractivity contribution in [1.82, 2.24) is 0 Å². The second kappa shape index (κ2) is 6.76. The molecule has 0 saturated heterocycles. The monoisotopic (exact) mass is 299 g/mol. The van der Waals surface area contributed by atoms with Crippen molar-refractivity contribution in [3.63, 3.8) is 0 Å². The summed E-state index contributed by atoms with van der Waals surface area (Å²) in [5, 5.41) is 3.20. The highest BCUT2D eigenvalue weighted by molar-refractivity contribution is 5.97. The summed E-state index contributed by atoms with van der Waals surface area (Å²) in [6, 6.07) is 12.4. The van der Waals surface area contributed by atoms with Gasteiger partial charge in [-0.15, -0.1) is 0 Å². The van der Waals surface area contributed by atoms with Crippen molar-refractivity contribution in [2.75, 3.05) is 19.5 Å². The van der Waals surface area contributed by atoms with E-state index in [0.717, 1.165) is 11.3 Å². The molecule has 1 N–H and O–H groups in total. The van der Waals surface area contributed by atoms with Crippen LogP contribution in [0.3, 0.4) is 0 Å². The van der Waals surface area contributed by atoms with Crippen molar-refractivity contribution in [2.45, 2.75) is 6.92 Å². The predicted molar refractivity (Wildman–Crippen MR) is 83.6 cm³/mol. The summed E-state index contributed by atoms with van der Waals surface area (Å²) in [4.78, 5) is 23.5. The van der Waals surface area contributed by atoms with E-state index in [-0.39, 0.29) is 11.1 Å². The van der Waals surface area contributed by atoms with Gasteiger partial charge in [-0.05, 0) is 36.8 Å². The fourth-order valence-electron chi connectivity index (χ4n) is 2.04. The molecule has 0 aliphatic rings. The summed E-state index contributed by atoms with van der Waals surface area (Å²) in [5.41, 5.74) is 3.10. The Labute approximate surface area is 128 Å². The van der Waals surface area contributed by atoms with E-state index in [4.69, 9.17) is 9.47 Å². The number of hydrogen-bond acceptors (Lipinski definition) is 5. The zero-order valence-electron chi connectivity index (χ0n) is 12.7. The summed E-state index contributed by atoms with van der Waals surface area (Å²) < 4.78 is 9.43. The third-order valence-electron chi connectivity index (χ3n) is 3.20. The third kappa shape index (κ3) is 3.44. The van der Waals surface area contributed by atoms with Gasteiger partial charge < -0.3 is 14.8 Å². The minimum absolute atomic E-state index is 0.279. The lowest BCUT2D eigenvalue weighted by molar-refractivity contribution is 0.0599. The molecular formula is C17H17NO4. The van der Waals surface area contributed by atoms with Crippen LogP contribution in [0.25, 0.3) is 0 Å². The highest BCUT2D eigenvalue weighted by atomic mass is 16.5. The fourth-order valence-corrected chi connectivity index (χ4v) is 2.04. The van der Waals surface area contributed by atoms with Crippen molar-refractivity contribution in [3.8, 4) is 0 Å². The number of anilines is 2. The molecule has 0 heterocycles. The van der Waals surface area contributed by atoms with Gasteiger partial charge in [-0.1, -0.05) is 18.2 Å². The Balaban J connectivity index is 2.44. The molecule has 0 bridgehead atoms. The number of carbonyl (C=O) groups is 2. The molecule has 5 heteroatoms. The molecule has 0 saturated carbocycles. The Morgan fingerprint density at radius 1 is 0.909 bits per heavy atom. The number of para-hydroxylation sites is 1. The van der Waals surface area contributed by atoms with E-state index in [1.54, 1.807) is 12.1 Å². The molecule has 0 aliphatic heterocycles. The van der Waals surface area contributed by atoms with Crippen LogP contribution in [-0.2, 0) is 9.47 Å². The number of methoxy groups -OCH3 is 2. The maximum absolute atomic E-state index is 11.7. The van der Waals surface area contributed by atoms with Crippen LogP contribution in [0.4, 0.5) is 11.4 Å². The van der Waals surface area contributed by atoms with Gasteiger partial charge in [-0.2, -0.15) is 0 Å². The SMILES string of the molecule is COC(=O)c1cc(Nc2ccccc2C)cc(C(=O)OC)c1. The van der Waals surface area contributed by atoms with Gasteiger partial charge in [0.25, 0.3) is 0 Å². The second-order valence-corrected chi connectivity index (χ2v) is 4.72. The first-order valence-corrected chi connectivity index (χ1v) is 6.69. The molecule has 0 atom stereocenters. The summed E-state index contributed by atoms with van der Waals surface area (Å²) >= 11 is 0. The summed E-state index contributed by atoms with van der Waals surface area (Å²) in [7, 11) is 2.59. The smallest absolute Gasteiger partial charge is 0.337 e. The van der Waals surface area contributed by atoms with Crippen molar-refractivity contribution < 1.29 is 19.1 Å². The van der Waals surface area contributed by atoms with E-state index in [2.05, 4.69) is 5.32 Å². The maximum Gasteiger partial charge on any atom is 0.337 e. The average molecular weight is 299 g/mol. The minimum Gasteiger partial charge on any atom is -0.465 e. The molecule has 0 aromatic heterocycles. The number of benzene rings is 2. The van der Waals surface area contributed by atoms with Crippen LogP contribution in [0.2, 0.25) is 0 Å². The molecule has 0 aliphatic carbocycles. The van der Waals surface area contributed by atoms with Gasteiger partial charge in [0.2, 0.25) is 0 Å². The lowest BCUT2D eigenvalue weighted by atomic mass is 10.1. The molecule has 22 heavy (non-hydrogen) atoms. The van der Waals surface area contributed by atoms with Gasteiger partial charge in [0.15, 0.2) is 0 Å². The number of ether oxygens (including phenoxy) is 2. The lowest BCUT2D eigenvalue weighted by Gasteiger charge is -2.12. The number of rotatable bonds is 4.